The largest absolute Gasteiger partial charge is 0.298 e. The summed E-state index contributed by atoms with van der Waals surface area (Å²) in [5.41, 5.74) is 0.684. The van der Waals surface area contributed by atoms with Crippen molar-refractivity contribution in [3.05, 3.63) is 34.6 Å². The highest BCUT2D eigenvalue weighted by atomic mass is 79.9. The Labute approximate surface area is 102 Å². The molecule has 0 saturated carbocycles. The lowest BCUT2D eigenvalue weighted by Crippen LogP contribution is -2.20. The van der Waals surface area contributed by atoms with Crippen LogP contribution < -0.4 is 0 Å². The Bertz CT molecular complexity index is 358. The molecule has 15 heavy (non-hydrogen) atoms. The Morgan fingerprint density at radius 1 is 1.53 bits per heavy atom. The molecule has 1 aliphatic heterocycles. The lowest BCUT2D eigenvalue weighted by atomic mass is 10.2. The maximum absolute atomic E-state index is 13.4. The van der Waals surface area contributed by atoms with Gasteiger partial charge in [-0.1, -0.05) is 27.5 Å². The lowest BCUT2D eigenvalue weighted by molar-refractivity contribution is 0.326. The molecule has 1 aromatic carbocycles. The first-order chi connectivity index (χ1) is 7.15. The molecule has 0 bridgehead atoms. The third-order valence-corrected chi connectivity index (χ3v) is 3.60. The van der Waals surface area contributed by atoms with E-state index in [4.69, 9.17) is 11.6 Å². The molecule has 0 aromatic heterocycles. The average Bonchev–Trinajstić information content (AvgIpc) is 2.58. The smallest absolute Gasteiger partial charge is 0.127 e. The second-order valence-electron chi connectivity index (χ2n) is 3.86. The zero-order valence-corrected chi connectivity index (χ0v) is 10.6. The molecule has 0 N–H and O–H groups in total. The summed E-state index contributed by atoms with van der Waals surface area (Å²) in [6.07, 6.45) is 1.13. The number of rotatable bonds is 2. The number of hydrogen-bond donors (Lipinski definition) is 0. The average molecular weight is 293 g/mol. The Balaban J connectivity index is 2.07. The summed E-state index contributed by atoms with van der Waals surface area (Å²) in [6, 6.07) is 4.72. The van der Waals surface area contributed by atoms with Gasteiger partial charge in [0.25, 0.3) is 0 Å². The minimum atomic E-state index is -0.169. The van der Waals surface area contributed by atoms with Crippen molar-refractivity contribution in [1.29, 1.82) is 0 Å². The van der Waals surface area contributed by atoms with Crippen LogP contribution in [0.4, 0.5) is 4.39 Å². The van der Waals surface area contributed by atoms with E-state index < -0.39 is 0 Å². The summed E-state index contributed by atoms with van der Waals surface area (Å²) in [5.74, 6) is -0.169. The summed E-state index contributed by atoms with van der Waals surface area (Å²) in [6.45, 7) is 2.64. The Morgan fingerprint density at radius 3 is 3.00 bits per heavy atom. The molecular weight excluding hydrogens is 280 g/mol. The number of hydrogen-bond acceptors (Lipinski definition) is 1. The fourth-order valence-electron chi connectivity index (χ4n) is 1.83. The summed E-state index contributed by atoms with van der Waals surface area (Å²) < 4.78 is 13.4. The van der Waals surface area contributed by atoms with E-state index in [1.54, 1.807) is 12.1 Å². The summed E-state index contributed by atoms with van der Waals surface area (Å²) in [4.78, 5) is 2.77. The first-order valence-corrected chi connectivity index (χ1v) is 6.25. The van der Waals surface area contributed by atoms with Crippen LogP contribution >= 0.6 is 27.5 Å². The van der Waals surface area contributed by atoms with Gasteiger partial charge in [0.1, 0.15) is 5.82 Å². The summed E-state index contributed by atoms with van der Waals surface area (Å²) >= 11 is 9.40. The molecule has 0 radical (unpaired) electrons. The van der Waals surface area contributed by atoms with Crippen LogP contribution in [0.5, 0.6) is 0 Å². The Morgan fingerprint density at radius 2 is 2.33 bits per heavy atom. The Kier molecular flexibility index (Phi) is 3.65. The van der Waals surface area contributed by atoms with Gasteiger partial charge in [0.05, 0.1) is 0 Å². The number of benzene rings is 1. The van der Waals surface area contributed by atoms with Crippen LogP contribution in [0.2, 0.25) is 5.02 Å². The molecule has 1 aromatic rings. The van der Waals surface area contributed by atoms with Crippen LogP contribution in [0, 0.1) is 5.82 Å². The monoisotopic (exact) mass is 291 g/mol. The fourth-order valence-corrected chi connectivity index (χ4v) is 2.64. The predicted molar refractivity (Wildman–Crippen MR) is 64.0 cm³/mol. The fraction of sp³-hybridized carbons (Fsp3) is 0.455. The van der Waals surface area contributed by atoms with Crippen molar-refractivity contribution in [2.45, 2.75) is 17.8 Å². The van der Waals surface area contributed by atoms with Gasteiger partial charge in [0, 0.05) is 28.5 Å². The van der Waals surface area contributed by atoms with Crippen LogP contribution in [0.1, 0.15) is 12.0 Å². The maximum atomic E-state index is 13.4. The summed E-state index contributed by atoms with van der Waals surface area (Å²) in [5, 5.41) is 0.598. The van der Waals surface area contributed by atoms with E-state index in [1.165, 1.54) is 6.07 Å². The van der Waals surface area contributed by atoms with Crippen molar-refractivity contribution in [3.63, 3.8) is 0 Å². The van der Waals surface area contributed by atoms with Crippen molar-refractivity contribution in [2.75, 3.05) is 13.1 Å². The molecule has 1 aliphatic rings. The molecule has 1 unspecified atom stereocenters. The minimum Gasteiger partial charge on any atom is -0.298 e. The van der Waals surface area contributed by atoms with E-state index in [1.807, 2.05) is 0 Å². The first kappa shape index (κ1) is 11.4. The van der Waals surface area contributed by atoms with Crippen molar-refractivity contribution in [3.8, 4) is 0 Å². The molecule has 0 amide bonds. The van der Waals surface area contributed by atoms with E-state index in [-0.39, 0.29) is 5.82 Å². The summed E-state index contributed by atoms with van der Waals surface area (Å²) in [7, 11) is 0. The predicted octanol–water partition coefficient (Wildman–Crippen LogP) is 3.45. The van der Waals surface area contributed by atoms with Crippen LogP contribution in [0.3, 0.4) is 0 Å². The van der Waals surface area contributed by atoms with Crippen molar-refractivity contribution >= 4 is 27.5 Å². The van der Waals surface area contributed by atoms with Crippen molar-refractivity contribution < 1.29 is 4.39 Å². The topological polar surface area (TPSA) is 3.24 Å². The highest BCUT2D eigenvalue weighted by Gasteiger charge is 2.20. The molecule has 0 spiro atoms. The van der Waals surface area contributed by atoms with Gasteiger partial charge < -0.3 is 0 Å². The van der Waals surface area contributed by atoms with E-state index in [0.29, 0.717) is 22.0 Å². The van der Waals surface area contributed by atoms with Crippen LogP contribution in [0.15, 0.2) is 18.2 Å². The number of alkyl halides is 1. The molecule has 1 fully saturated rings. The van der Waals surface area contributed by atoms with Gasteiger partial charge in [-0.05, 0) is 31.2 Å². The van der Waals surface area contributed by atoms with E-state index in [0.717, 1.165) is 19.5 Å². The SMILES string of the molecule is Fc1ccc(Cl)cc1CN1CCC(Br)C1. The quantitative estimate of drug-likeness (QED) is 0.755. The highest BCUT2D eigenvalue weighted by Crippen LogP contribution is 2.21. The zero-order chi connectivity index (χ0) is 10.8. The molecule has 1 nitrogen and oxygen atoms in total. The molecule has 2 rings (SSSR count). The second kappa shape index (κ2) is 4.81. The minimum absolute atomic E-state index is 0.169. The van der Waals surface area contributed by atoms with E-state index in [2.05, 4.69) is 20.8 Å². The van der Waals surface area contributed by atoms with Gasteiger partial charge in [-0.3, -0.25) is 4.90 Å². The molecule has 0 aliphatic carbocycles. The molecular formula is C11H12BrClFN. The Hall–Kier alpha value is -0.120. The van der Waals surface area contributed by atoms with Gasteiger partial charge in [-0.15, -0.1) is 0 Å². The number of halogens is 3. The third kappa shape index (κ3) is 2.92. The van der Waals surface area contributed by atoms with Gasteiger partial charge in [0.2, 0.25) is 0 Å². The van der Waals surface area contributed by atoms with Crippen molar-refractivity contribution in [2.24, 2.45) is 0 Å². The molecule has 82 valence electrons. The lowest BCUT2D eigenvalue weighted by Gasteiger charge is -2.15. The first-order valence-electron chi connectivity index (χ1n) is 4.95. The van der Waals surface area contributed by atoms with Crippen LogP contribution in [-0.2, 0) is 6.54 Å². The van der Waals surface area contributed by atoms with Crippen LogP contribution in [0.25, 0.3) is 0 Å². The van der Waals surface area contributed by atoms with Crippen LogP contribution in [-0.4, -0.2) is 22.8 Å². The van der Waals surface area contributed by atoms with Gasteiger partial charge >= 0.3 is 0 Å². The normalized spacial score (nSPS) is 22.2. The molecule has 1 heterocycles. The number of nitrogens with zero attached hydrogens (tertiary/aromatic N) is 1. The molecule has 1 atom stereocenters. The highest BCUT2D eigenvalue weighted by molar-refractivity contribution is 9.09. The van der Waals surface area contributed by atoms with E-state index >= 15 is 0 Å². The zero-order valence-electron chi connectivity index (χ0n) is 8.22. The van der Waals surface area contributed by atoms with Crippen molar-refractivity contribution in [1.82, 2.24) is 4.90 Å². The van der Waals surface area contributed by atoms with Gasteiger partial charge in [0.15, 0.2) is 0 Å². The number of likely N-dealkylation sites (tertiary alicyclic amines) is 1. The second-order valence-corrected chi connectivity index (χ2v) is 5.59. The third-order valence-electron chi connectivity index (χ3n) is 2.62. The van der Waals surface area contributed by atoms with Gasteiger partial charge in [-0.2, -0.15) is 0 Å². The standard InChI is InChI=1S/C11H12BrClFN/c12-9-3-4-15(7-9)6-8-5-10(13)1-2-11(8)14/h1-2,5,9H,3-4,6-7H2. The van der Waals surface area contributed by atoms with Gasteiger partial charge in [-0.25, -0.2) is 4.39 Å². The molecule has 4 heteroatoms. The molecule has 1 saturated heterocycles. The maximum Gasteiger partial charge on any atom is 0.127 e. The van der Waals surface area contributed by atoms with E-state index in [9.17, 15) is 4.39 Å².